The Morgan fingerprint density at radius 2 is 1.67 bits per heavy atom. The molecule has 9 heteroatoms. The lowest BCUT2D eigenvalue weighted by molar-refractivity contribution is -0.137. The molecular weight excluding hydrogens is 382 g/mol. The van der Waals surface area contributed by atoms with Crippen LogP contribution in [0.5, 0.6) is 5.75 Å². The molecule has 0 aliphatic carbocycles. The van der Waals surface area contributed by atoms with Gasteiger partial charge in [0.05, 0.1) is 5.56 Å². The first kappa shape index (κ1) is 21.4. The third kappa shape index (κ3) is 7.34. The fourth-order valence-corrected chi connectivity index (χ4v) is 3.34. The second-order valence-corrected chi connectivity index (χ2v) is 7.83. The zero-order chi connectivity index (χ0) is 20.1. The van der Waals surface area contributed by atoms with Gasteiger partial charge in [-0.15, -0.1) is 0 Å². The average Bonchev–Trinajstić information content (AvgIpc) is 2.57. The molecule has 0 spiro atoms. The Labute approximate surface area is 155 Å². The smallest absolute Gasteiger partial charge is 0.416 e. The van der Waals surface area contributed by atoms with E-state index < -0.39 is 25.4 Å². The number of halogens is 3. The molecule has 0 aromatic heterocycles. The molecule has 2 aromatic carbocycles. The van der Waals surface area contributed by atoms with E-state index in [4.69, 9.17) is 14.5 Å². The zero-order valence-corrected chi connectivity index (χ0v) is 15.5. The molecule has 2 aromatic rings. The average molecular weight is 403 g/mol. The lowest BCUT2D eigenvalue weighted by atomic mass is 10.1. The van der Waals surface area contributed by atoms with Crippen molar-refractivity contribution in [1.82, 2.24) is 4.90 Å². The Bertz CT molecular complexity index is 762. The van der Waals surface area contributed by atoms with Gasteiger partial charge in [-0.1, -0.05) is 30.3 Å². The lowest BCUT2D eigenvalue weighted by Crippen LogP contribution is -2.24. The summed E-state index contributed by atoms with van der Waals surface area (Å²) in [5.74, 6) is 0.287. The van der Waals surface area contributed by atoms with E-state index >= 15 is 0 Å². The predicted octanol–water partition coefficient (Wildman–Crippen LogP) is 4.28. The highest BCUT2D eigenvalue weighted by atomic mass is 31.2. The summed E-state index contributed by atoms with van der Waals surface area (Å²) in [5.41, 5.74) is 0.0643. The first-order valence-electron chi connectivity index (χ1n) is 8.16. The largest absolute Gasteiger partial charge is 0.486 e. The second-order valence-electron chi connectivity index (χ2n) is 6.21. The predicted molar refractivity (Wildman–Crippen MR) is 95.4 cm³/mol. The fourth-order valence-electron chi connectivity index (χ4n) is 2.57. The van der Waals surface area contributed by atoms with Gasteiger partial charge in [-0.05, 0) is 36.9 Å². The van der Waals surface area contributed by atoms with Crippen molar-refractivity contribution >= 4 is 7.60 Å². The SMILES string of the molecule is CN(CCC(Oc1ccc(C(F)(F)F)cc1)c1ccccc1)CP(=O)(O)O. The van der Waals surface area contributed by atoms with Crippen molar-refractivity contribution in [2.45, 2.75) is 18.7 Å². The van der Waals surface area contributed by atoms with Crippen molar-refractivity contribution in [2.75, 3.05) is 19.9 Å². The first-order valence-corrected chi connectivity index (χ1v) is 9.96. The van der Waals surface area contributed by atoms with Crippen LogP contribution in [-0.4, -0.2) is 34.6 Å². The van der Waals surface area contributed by atoms with Gasteiger partial charge in [0.15, 0.2) is 0 Å². The normalized spacial score (nSPS) is 13.6. The van der Waals surface area contributed by atoms with Gasteiger partial charge in [-0.2, -0.15) is 13.2 Å². The van der Waals surface area contributed by atoms with Crippen molar-refractivity contribution < 1.29 is 32.3 Å². The minimum atomic E-state index is -4.41. The van der Waals surface area contributed by atoms with Crippen molar-refractivity contribution in [3.63, 3.8) is 0 Å². The fraction of sp³-hybridized carbons (Fsp3) is 0.333. The Hall–Kier alpha value is -1.86. The Balaban J connectivity index is 2.10. The van der Waals surface area contributed by atoms with E-state index in [1.807, 2.05) is 30.3 Å². The molecule has 27 heavy (non-hydrogen) atoms. The monoisotopic (exact) mass is 403 g/mol. The third-order valence-corrected chi connectivity index (χ3v) is 4.68. The molecule has 1 unspecified atom stereocenters. The summed E-state index contributed by atoms with van der Waals surface area (Å²) in [5, 5.41) is 0. The van der Waals surface area contributed by atoms with Crippen molar-refractivity contribution in [2.24, 2.45) is 0 Å². The van der Waals surface area contributed by atoms with Crippen LogP contribution in [0.15, 0.2) is 54.6 Å². The van der Waals surface area contributed by atoms with Crippen molar-refractivity contribution in [3.05, 3.63) is 65.7 Å². The van der Waals surface area contributed by atoms with Gasteiger partial charge in [0.1, 0.15) is 18.1 Å². The number of nitrogens with zero attached hydrogens (tertiary/aromatic N) is 1. The Kier molecular flexibility index (Phi) is 7.06. The molecule has 1 atom stereocenters. The molecule has 0 amide bonds. The van der Waals surface area contributed by atoms with Crippen LogP contribution in [0.1, 0.15) is 23.7 Å². The topological polar surface area (TPSA) is 70.0 Å². The van der Waals surface area contributed by atoms with Gasteiger partial charge in [0, 0.05) is 13.0 Å². The minimum absolute atomic E-state index is 0.287. The van der Waals surface area contributed by atoms with Crippen LogP contribution in [0.4, 0.5) is 13.2 Å². The highest BCUT2D eigenvalue weighted by molar-refractivity contribution is 7.51. The van der Waals surface area contributed by atoms with E-state index in [1.165, 1.54) is 17.0 Å². The molecule has 0 bridgehead atoms. The molecule has 0 fully saturated rings. The van der Waals surface area contributed by atoms with Crippen molar-refractivity contribution in [1.29, 1.82) is 0 Å². The van der Waals surface area contributed by atoms with Crippen LogP contribution in [0, 0.1) is 0 Å². The number of hydrogen-bond donors (Lipinski definition) is 2. The van der Waals surface area contributed by atoms with Crippen LogP contribution in [-0.2, 0) is 10.7 Å². The van der Waals surface area contributed by atoms with Gasteiger partial charge >= 0.3 is 13.8 Å². The summed E-state index contributed by atoms with van der Waals surface area (Å²) in [7, 11) is -2.58. The van der Waals surface area contributed by atoms with E-state index in [0.29, 0.717) is 13.0 Å². The van der Waals surface area contributed by atoms with E-state index in [-0.39, 0.29) is 12.0 Å². The first-order chi connectivity index (χ1) is 12.5. The molecule has 0 aliphatic heterocycles. The summed E-state index contributed by atoms with van der Waals surface area (Å²) in [6.45, 7) is 0.339. The van der Waals surface area contributed by atoms with E-state index in [1.54, 1.807) is 7.05 Å². The number of benzene rings is 2. The third-order valence-electron chi connectivity index (χ3n) is 3.83. The Morgan fingerprint density at radius 1 is 1.07 bits per heavy atom. The van der Waals surface area contributed by atoms with Crippen LogP contribution >= 0.6 is 7.60 Å². The molecule has 148 valence electrons. The molecule has 2 N–H and O–H groups in total. The maximum atomic E-state index is 12.7. The summed E-state index contributed by atoms with van der Waals surface area (Å²) in [6.07, 6.45) is -4.86. The summed E-state index contributed by atoms with van der Waals surface area (Å²) in [6, 6.07) is 13.6. The van der Waals surface area contributed by atoms with Crippen LogP contribution in [0.25, 0.3) is 0 Å². The number of rotatable bonds is 8. The van der Waals surface area contributed by atoms with Crippen LogP contribution in [0.2, 0.25) is 0 Å². The molecule has 0 heterocycles. The van der Waals surface area contributed by atoms with E-state index in [0.717, 1.165) is 17.7 Å². The zero-order valence-electron chi connectivity index (χ0n) is 14.6. The van der Waals surface area contributed by atoms with E-state index in [9.17, 15) is 17.7 Å². The van der Waals surface area contributed by atoms with Crippen molar-refractivity contribution in [3.8, 4) is 5.75 Å². The van der Waals surface area contributed by atoms with Gasteiger partial charge in [0.25, 0.3) is 0 Å². The molecule has 0 aliphatic rings. The molecule has 0 radical (unpaired) electrons. The highest BCUT2D eigenvalue weighted by Gasteiger charge is 2.30. The maximum Gasteiger partial charge on any atom is 0.416 e. The van der Waals surface area contributed by atoms with Gasteiger partial charge < -0.3 is 14.5 Å². The standard InChI is InChI=1S/C18H21F3NO4P/c1-22(13-27(23,24)25)12-11-17(14-5-3-2-4-6-14)26-16-9-7-15(8-10-16)18(19,20)21/h2-10,17H,11-13H2,1H3,(H2,23,24,25). The van der Waals surface area contributed by atoms with Gasteiger partial charge in [-0.3, -0.25) is 9.46 Å². The quantitative estimate of drug-likeness (QED) is 0.644. The Morgan fingerprint density at radius 3 is 2.19 bits per heavy atom. The minimum Gasteiger partial charge on any atom is -0.486 e. The summed E-state index contributed by atoms with van der Waals surface area (Å²) in [4.78, 5) is 19.6. The number of ether oxygens (including phenoxy) is 1. The molecule has 0 saturated heterocycles. The number of hydrogen-bond acceptors (Lipinski definition) is 3. The summed E-state index contributed by atoms with van der Waals surface area (Å²) < 4.78 is 55.0. The van der Waals surface area contributed by atoms with E-state index in [2.05, 4.69) is 0 Å². The highest BCUT2D eigenvalue weighted by Crippen LogP contribution is 2.35. The second kappa shape index (κ2) is 8.89. The lowest BCUT2D eigenvalue weighted by Gasteiger charge is -2.23. The molecule has 5 nitrogen and oxygen atoms in total. The van der Waals surface area contributed by atoms with Gasteiger partial charge in [-0.25, -0.2) is 0 Å². The number of alkyl halides is 3. The van der Waals surface area contributed by atoms with Crippen LogP contribution in [0.3, 0.4) is 0 Å². The molecular formula is C18H21F3NO4P. The van der Waals surface area contributed by atoms with Gasteiger partial charge in [0.2, 0.25) is 0 Å². The molecule has 0 saturated carbocycles. The maximum absolute atomic E-state index is 12.7. The summed E-state index contributed by atoms with van der Waals surface area (Å²) >= 11 is 0. The van der Waals surface area contributed by atoms with Crippen LogP contribution < -0.4 is 4.74 Å². The molecule has 2 rings (SSSR count).